The molecule has 0 bridgehead atoms. The van der Waals surface area contributed by atoms with Crippen molar-refractivity contribution in [2.24, 2.45) is 5.92 Å². The normalized spacial score (nSPS) is 14.6. The molecule has 3 atom stereocenters. The van der Waals surface area contributed by atoms with Crippen LogP contribution in [-0.4, -0.2) is 51.7 Å². The number of aliphatic hydroxyl groups excluding tert-OH is 1. The summed E-state index contributed by atoms with van der Waals surface area (Å²) in [4.78, 5) is 0. The molecule has 5 nitrogen and oxygen atoms in total. The zero-order valence-electron chi connectivity index (χ0n) is 21.2. The van der Waals surface area contributed by atoms with Gasteiger partial charge < -0.3 is 24.1 Å². The van der Waals surface area contributed by atoms with Crippen LogP contribution < -0.4 is 0 Å². The summed E-state index contributed by atoms with van der Waals surface area (Å²) in [6.07, 6.45) is 18.8. The lowest BCUT2D eigenvalue weighted by atomic mass is 9.91. The summed E-state index contributed by atoms with van der Waals surface area (Å²) >= 11 is 0. The van der Waals surface area contributed by atoms with Crippen molar-refractivity contribution in [1.82, 2.24) is 0 Å². The predicted octanol–water partition coefficient (Wildman–Crippen LogP) is 6.85. The number of ether oxygens (including phenoxy) is 4. The van der Waals surface area contributed by atoms with E-state index in [2.05, 4.69) is 13.8 Å². The van der Waals surface area contributed by atoms with E-state index in [1.807, 2.05) is 0 Å². The van der Waals surface area contributed by atoms with E-state index >= 15 is 0 Å². The second-order valence-electron chi connectivity index (χ2n) is 9.01. The van der Waals surface area contributed by atoms with Crippen molar-refractivity contribution in [2.45, 2.75) is 129 Å². The minimum atomic E-state index is -0.327. The first-order valence-electron chi connectivity index (χ1n) is 13.0. The maximum absolute atomic E-state index is 10.7. The second kappa shape index (κ2) is 24.4. The Morgan fingerprint density at radius 3 is 1.74 bits per heavy atom. The number of aliphatic hydroxyl groups is 1. The van der Waals surface area contributed by atoms with Gasteiger partial charge in [-0.15, -0.1) is 0 Å². The van der Waals surface area contributed by atoms with Crippen molar-refractivity contribution in [3.63, 3.8) is 0 Å². The minimum absolute atomic E-state index is 0.0491. The first kappa shape index (κ1) is 30.8. The molecule has 0 spiro atoms. The van der Waals surface area contributed by atoms with Gasteiger partial charge in [-0.1, -0.05) is 97.3 Å². The zero-order valence-corrected chi connectivity index (χ0v) is 21.2. The summed E-state index contributed by atoms with van der Waals surface area (Å²) in [5.41, 5.74) is 0. The van der Waals surface area contributed by atoms with Gasteiger partial charge in [0.05, 0.1) is 18.8 Å². The Bertz CT molecular complexity index is 340. The van der Waals surface area contributed by atoms with Gasteiger partial charge in [0.1, 0.15) is 13.6 Å². The highest BCUT2D eigenvalue weighted by atomic mass is 16.7. The Kier molecular flexibility index (Phi) is 24.3. The highest BCUT2D eigenvalue weighted by molar-refractivity contribution is 4.74. The molecule has 0 saturated carbocycles. The van der Waals surface area contributed by atoms with Gasteiger partial charge >= 0.3 is 0 Å². The average molecular weight is 447 g/mol. The fourth-order valence-corrected chi connectivity index (χ4v) is 4.12. The van der Waals surface area contributed by atoms with E-state index in [-0.39, 0.29) is 24.9 Å². The lowest BCUT2D eigenvalue weighted by Gasteiger charge is -2.29. The van der Waals surface area contributed by atoms with Crippen LogP contribution in [-0.2, 0) is 18.9 Å². The van der Waals surface area contributed by atoms with E-state index in [4.69, 9.17) is 18.9 Å². The molecule has 5 heteroatoms. The largest absolute Gasteiger partial charge is 0.393 e. The van der Waals surface area contributed by atoms with Gasteiger partial charge in [-0.25, -0.2) is 0 Å². The van der Waals surface area contributed by atoms with Crippen molar-refractivity contribution in [1.29, 1.82) is 0 Å². The fraction of sp³-hybridized carbons (Fsp3) is 1.00. The van der Waals surface area contributed by atoms with E-state index in [1.54, 1.807) is 14.2 Å². The summed E-state index contributed by atoms with van der Waals surface area (Å²) < 4.78 is 21.9. The van der Waals surface area contributed by atoms with E-state index in [9.17, 15) is 5.11 Å². The summed E-state index contributed by atoms with van der Waals surface area (Å²) in [6.45, 7) is 5.64. The van der Waals surface area contributed by atoms with Crippen LogP contribution in [0.1, 0.15) is 117 Å². The first-order chi connectivity index (χ1) is 15.2. The number of rotatable bonds is 25. The molecule has 0 unspecified atom stereocenters. The van der Waals surface area contributed by atoms with Crippen molar-refractivity contribution in [3.8, 4) is 0 Å². The standard InChI is InChI=1S/C26H54O5/c1-5-7-9-11-12-13-14-15-17-19-25(27)20-26(31-23-29-4)24(21-30-22-28-3)18-16-10-8-6-2/h24-27H,5-23H2,1-4H3/t24-,25-,26+/m1/s1. The van der Waals surface area contributed by atoms with Gasteiger partial charge in [-0.2, -0.15) is 0 Å². The maximum atomic E-state index is 10.7. The minimum Gasteiger partial charge on any atom is -0.393 e. The zero-order chi connectivity index (χ0) is 23.0. The lowest BCUT2D eigenvalue weighted by Crippen LogP contribution is -2.32. The number of unbranched alkanes of at least 4 members (excludes halogenated alkanes) is 11. The molecule has 0 radical (unpaired) electrons. The smallest absolute Gasteiger partial charge is 0.146 e. The molecular weight excluding hydrogens is 392 g/mol. The van der Waals surface area contributed by atoms with Gasteiger partial charge in [0.25, 0.3) is 0 Å². The average Bonchev–Trinajstić information content (AvgIpc) is 2.77. The molecule has 0 aromatic carbocycles. The topological polar surface area (TPSA) is 57.2 Å². The molecule has 0 aliphatic rings. The number of methoxy groups -OCH3 is 2. The Labute approximate surface area is 193 Å². The Balaban J connectivity index is 4.33. The van der Waals surface area contributed by atoms with Crippen LogP contribution in [0.25, 0.3) is 0 Å². The van der Waals surface area contributed by atoms with Crippen LogP contribution in [0.2, 0.25) is 0 Å². The maximum Gasteiger partial charge on any atom is 0.146 e. The van der Waals surface area contributed by atoms with Gasteiger partial charge in [0.15, 0.2) is 0 Å². The van der Waals surface area contributed by atoms with Crippen LogP contribution in [0.15, 0.2) is 0 Å². The van der Waals surface area contributed by atoms with Crippen LogP contribution in [0, 0.1) is 5.92 Å². The van der Waals surface area contributed by atoms with Crippen molar-refractivity contribution in [2.75, 3.05) is 34.4 Å². The SMILES string of the molecule is CCCCCCCCCCC[C@@H](O)C[C@H](OCOC)[C@H](CCCCCC)COCOC. The van der Waals surface area contributed by atoms with Crippen LogP contribution in [0.5, 0.6) is 0 Å². The molecule has 0 rings (SSSR count). The summed E-state index contributed by atoms with van der Waals surface area (Å²) in [6, 6.07) is 0. The number of hydrogen-bond acceptors (Lipinski definition) is 5. The highest BCUT2D eigenvalue weighted by Crippen LogP contribution is 2.23. The third-order valence-corrected chi connectivity index (χ3v) is 6.03. The Morgan fingerprint density at radius 2 is 1.16 bits per heavy atom. The highest BCUT2D eigenvalue weighted by Gasteiger charge is 2.25. The predicted molar refractivity (Wildman–Crippen MR) is 129 cm³/mol. The molecule has 1 N–H and O–H groups in total. The van der Waals surface area contributed by atoms with Gasteiger partial charge in [-0.3, -0.25) is 0 Å². The molecule has 0 saturated heterocycles. The van der Waals surface area contributed by atoms with Gasteiger partial charge in [0.2, 0.25) is 0 Å². The monoisotopic (exact) mass is 446 g/mol. The molecule has 0 aromatic rings. The lowest BCUT2D eigenvalue weighted by molar-refractivity contribution is -0.127. The van der Waals surface area contributed by atoms with E-state index in [0.29, 0.717) is 19.8 Å². The summed E-state index contributed by atoms with van der Waals surface area (Å²) in [5.74, 6) is 0.250. The van der Waals surface area contributed by atoms with Gasteiger partial charge in [-0.05, 0) is 19.3 Å². The third-order valence-electron chi connectivity index (χ3n) is 6.03. The van der Waals surface area contributed by atoms with Crippen molar-refractivity contribution in [3.05, 3.63) is 0 Å². The molecule has 31 heavy (non-hydrogen) atoms. The van der Waals surface area contributed by atoms with Crippen LogP contribution in [0.4, 0.5) is 0 Å². The van der Waals surface area contributed by atoms with E-state index < -0.39 is 0 Å². The molecule has 0 heterocycles. The van der Waals surface area contributed by atoms with E-state index in [0.717, 1.165) is 25.7 Å². The quantitative estimate of drug-likeness (QED) is 0.123. The molecule has 0 amide bonds. The van der Waals surface area contributed by atoms with Gasteiger partial charge in [0, 0.05) is 20.1 Å². The van der Waals surface area contributed by atoms with E-state index in [1.165, 1.54) is 70.6 Å². The molecule has 0 aromatic heterocycles. The fourth-order valence-electron chi connectivity index (χ4n) is 4.12. The molecule has 0 fully saturated rings. The van der Waals surface area contributed by atoms with Crippen molar-refractivity contribution >= 4 is 0 Å². The second-order valence-corrected chi connectivity index (χ2v) is 9.01. The summed E-state index contributed by atoms with van der Waals surface area (Å²) in [7, 11) is 3.29. The molecule has 0 aliphatic heterocycles. The first-order valence-corrected chi connectivity index (χ1v) is 13.0. The Hall–Kier alpha value is -0.200. The van der Waals surface area contributed by atoms with Crippen LogP contribution >= 0.6 is 0 Å². The summed E-state index contributed by atoms with van der Waals surface area (Å²) in [5, 5.41) is 10.7. The molecule has 0 aliphatic carbocycles. The third kappa shape index (κ3) is 20.2. The molecule has 188 valence electrons. The van der Waals surface area contributed by atoms with Crippen molar-refractivity contribution < 1.29 is 24.1 Å². The molecular formula is C26H54O5. The van der Waals surface area contributed by atoms with Crippen LogP contribution in [0.3, 0.4) is 0 Å². The number of hydrogen-bond donors (Lipinski definition) is 1. The Morgan fingerprint density at radius 1 is 0.645 bits per heavy atom.